The largest absolute Gasteiger partial charge is 0.454 e. The highest BCUT2D eigenvalue weighted by atomic mass is 16.7. The van der Waals surface area contributed by atoms with Gasteiger partial charge in [0.25, 0.3) is 0 Å². The zero-order chi connectivity index (χ0) is 14.4. The lowest BCUT2D eigenvalue weighted by Crippen LogP contribution is -2.33. The molecule has 108 valence electrons. The lowest BCUT2D eigenvalue weighted by atomic mass is 10.1. The van der Waals surface area contributed by atoms with Gasteiger partial charge in [-0.05, 0) is 24.1 Å². The summed E-state index contributed by atoms with van der Waals surface area (Å²) in [4.78, 5) is 22.3. The van der Waals surface area contributed by atoms with E-state index in [-0.39, 0.29) is 18.6 Å². The Kier molecular flexibility index (Phi) is 4.81. The van der Waals surface area contributed by atoms with Crippen LogP contribution in [0.5, 0.6) is 11.5 Å². The van der Waals surface area contributed by atoms with Crippen LogP contribution in [0.25, 0.3) is 0 Å². The van der Waals surface area contributed by atoms with Crippen LogP contribution in [-0.4, -0.2) is 31.7 Å². The lowest BCUT2D eigenvalue weighted by molar-refractivity contribution is -0.122. The highest BCUT2D eigenvalue weighted by Gasteiger charge is 2.13. The minimum Gasteiger partial charge on any atom is -0.454 e. The van der Waals surface area contributed by atoms with Gasteiger partial charge in [0.05, 0.1) is 0 Å². The molecule has 6 nitrogen and oxygen atoms in total. The molecule has 0 fully saturated rings. The van der Waals surface area contributed by atoms with E-state index in [1.54, 1.807) is 0 Å². The Bertz CT molecular complexity index is 502. The predicted octanol–water partition coefficient (Wildman–Crippen LogP) is 0.600. The molecule has 1 heterocycles. The van der Waals surface area contributed by atoms with Crippen molar-refractivity contribution in [2.45, 2.75) is 19.8 Å². The molecule has 0 aliphatic carbocycles. The average molecular weight is 278 g/mol. The van der Waals surface area contributed by atoms with E-state index in [1.807, 2.05) is 18.2 Å². The summed E-state index contributed by atoms with van der Waals surface area (Å²) in [7, 11) is 0. The number of fused-ring (bicyclic) bond motifs is 1. The topological polar surface area (TPSA) is 76.7 Å². The fourth-order valence-corrected chi connectivity index (χ4v) is 1.88. The zero-order valence-corrected chi connectivity index (χ0v) is 11.4. The fraction of sp³-hybridized carbons (Fsp3) is 0.429. The summed E-state index contributed by atoms with van der Waals surface area (Å²) in [5.74, 6) is 1.34. The summed E-state index contributed by atoms with van der Waals surface area (Å²) in [6.07, 6.45) is 1.04. The molecule has 0 radical (unpaired) electrons. The summed E-state index contributed by atoms with van der Waals surface area (Å²) in [6, 6.07) is 5.68. The molecule has 20 heavy (non-hydrogen) atoms. The highest BCUT2D eigenvalue weighted by Crippen LogP contribution is 2.32. The molecule has 0 atom stereocenters. The standard InChI is InChI=1S/C14H18N2O4/c1-10(17)15-6-7-16-14(18)5-3-11-2-4-12-13(8-11)20-9-19-12/h2,4,8H,3,5-7,9H2,1H3,(H,15,17)(H,16,18). The second kappa shape index (κ2) is 6.79. The molecule has 2 amide bonds. The Morgan fingerprint density at radius 3 is 2.70 bits per heavy atom. The Labute approximate surface area is 117 Å². The molecule has 1 aromatic carbocycles. The van der Waals surface area contributed by atoms with Crippen molar-refractivity contribution in [2.75, 3.05) is 19.9 Å². The maximum absolute atomic E-state index is 11.6. The van der Waals surface area contributed by atoms with Crippen LogP contribution >= 0.6 is 0 Å². The Morgan fingerprint density at radius 1 is 1.15 bits per heavy atom. The molecule has 0 saturated carbocycles. The first-order valence-corrected chi connectivity index (χ1v) is 6.55. The van der Waals surface area contributed by atoms with E-state index in [0.717, 1.165) is 17.1 Å². The van der Waals surface area contributed by atoms with Gasteiger partial charge in [-0.25, -0.2) is 0 Å². The maximum Gasteiger partial charge on any atom is 0.231 e. The van der Waals surface area contributed by atoms with E-state index in [2.05, 4.69) is 10.6 Å². The number of aryl methyl sites for hydroxylation is 1. The van der Waals surface area contributed by atoms with Crippen LogP contribution in [0.4, 0.5) is 0 Å². The molecule has 1 aromatic rings. The minimum atomic E-state index is -0.0976. The van der Waals surface area contributed by atoms with Gasteiger partial charge in [0.1, 0.15) is 0 Å². The first kappa shape index (κ1) is 14.2. The molecule has 0 unspecified atom stereocenters. The van der Waals surface area contributed by atoms with E-state index in [1.165, 1.54) is 6.92 Å². The van der Waals surface area contributed by atoms with Gasteiger partial charge in [-0.1, -0.05) is 6.07 Å². The summed E-state index contributed by atoms with van der Waals surface area (Å²) in [6.45, 7) is 2.59. The second-order valence-corrected chi connectivity index (χ2v) is 4.52. The molecule has 2 N–H and O–H groups in total. The number of rotatable bonds is 6. The average Bonchev–Trinajstić information content (AvgIpc) is 2.88. The quantitative estimate of drug-likeness (QED) is 0.747. The summed E-state index contributed by atoms with van der Waals surface area (Å²) < 4.78 is 10.5. The van der Waals surface area contributed by atoms with Crippen LogP contribution in [0.3, 0.4) is 0 Å². The lowest BCUT2D eigenvalue weighted by Gasteiger charge is -2.06. The zero-order valence-electron chi connectivity index (χ0n) is 11.4. The Balaban J connectivity index is 1.69. The van der Waals surface area contributed by atoms with Gasteiger partial charge in [0.15, 0.2) is 11.5 Å². The minimum absolute atomic E-state index is 0.0342. The van der Waals surface area contributed by atoms with Crippen LogP contribution in [0, 0.1) is 0 Å². The van der Waals surface area contributed by atoms with Gasteiger partial charge in [-0.15, -0.1) is 0 Å². The maximum atomic E-state index is 11.6. The van der Waals surface area contributed by atoms with Crippen LogP contribution in [0.2, 0.25) is 0 Å². The van der Waals surface area contributed by atoms with E-state index in [0.29, 0.717) is 25.9 Å². The fourth-order valence-electron chi connectivity index (χ4n) is 1.88. The first-order chi connectivity index (χ1) is 9.65. The number of nitrogens with one attached hydrogen (secondary N) is 2. The smallest absolute Gasteiger partial charge is 0.231 e. The van der Waals surface area contributed by atoms with Gasteiger partial charge >= 0.3 is 0 Å². The molecule has 1 aliphatic heterocycles. The van der Waals surface area contributed by atoms with Crippen molar-refractivity contribution in [3.05, 3.63) is 23.8 Å². The molecule has 2 rings (SSSR count). The van der Waals surface area contributed by atoms with E-state index in [9.17, 15) is 9.59 Å². The molecule has 0 aromatic heterocycles. The van der Waals surface area contributed by atoms with Crippen molar-refractivity contribution in [1.82, 2.24) is 10.6 Å². The molecular weight excluding hydrogens is 260 g/mol. The summed E-state index contributed by atoms with van der Waals surface area (Å²) in [5.41, 5.74) is 1.03. The predicted molar refractivity (Wildman–Crippen MR) is 72.6 cm³/mol. The van der Waals surface area contributed by atoms with Crippen molar-refractivity contribution in [2.24, 2.45) is 0 Å². The van der Waals surface area contributed by atoms with Gasteiger partial charge < -0.3 is 20.1 Å². The number of hydrogen-bond donors (Lipinski definition) is 2. The van der Waals surface area contributed by atoms with Crippen LogP contribution in [0.1, 0.15) is 18.9 Å². The van der Waals surface area contributed by atoms with Crippen molar-refractivity contribution in [3.63, 3.8) is 0 Å². The number of hydrogen-bond acceptors (Lipinski definition) is 4. The van der Waals surface area contributed by atoms with E-state index >= 15 is 0 Å². The summed E-state index contributed by atoms with van der Waals surface area (Å²) in [5, 5.41) is 5.37. The number of carbonyl (C=O) groups is 2. The highest BCUT2D eigenvalue weighted by molar-refractivity contribution is 5.76. The van der Waals surface area contributed by atoms with E-state index < -0.39 is 0 Å². The van der Waals surface area contributed by atoms with Crippen molar-refractivity contribution in [3.8, 4) is 11.5 Å². The van der Waals surface area contributed by atoms with Gasteiger partial charge in [-0.3, -0.25) is 9.59 Å². The molecule has 0 saturated heterocycles. The van der Waals surface area contributed by atoms with Gasteiger partial charge in [-0.2, -0.15) is 0 Å². The number of benzene rings is 1. The third-order valence-electron chi connectivity index (χ3n) is 2.90. The van der Waals surface area contributed by atoms with Crippen LogP contribution in [0.15, 0.2) is 18.2 Å². The van der Waals surface area contributed by atoms with E-state index in [4.69, 9.17) is 9.47 Å². The molecule has 0 bridgehead atoms. The van der Waals surface area contributed by atoms with Crippen molar-refractivity contribution in [1.29, 1.82) is 0 Å². The number of ether oxygens (including phenoxy) is 2. The normalized spacial score (nSPS) is 12.1. The third kappa shape index (κ3) is 4.15. The SMILES string of the molecule is CC(=O)NCCNC(=O)CCc1ccc2c(c1)OCO2. The molecule has 0 spiro atoms. The van der Waals surface area contributed by atoms with Crippen LogP contribution < -0.4 is 20.1 Å². The van der Waals surface area contributed by atoms with Crippen LogP contribution in [-0.2, 0) is 16.0 Å². The van der Waals surface area contributed by atoms with Crippen molar-refractivity contribution < 1.29 is 19.1 Å². The summed E-state index contributed by atoms with van der Waals surface area (Å²) >= 11 is 0. The number of carbonyl (C=O) groups excluding carboxylic acids is 2. The second-order valence-electron chi connectivity index (χ2n) is 4.52. The molecular formula is C14H18N2O4. The Morgan fingerprint density at radius 2 is 1.90 bits per heavy atom. The van der Waals surface area contributed by atoms with Crippen molar-refractivity contribution >= 4 is 11.8 Å². The molecule has 1 aliphatic rings. The first-order valence-electron chi connectivity index (χ1n) is 6.55. The Hall–Kier alpha value is -2.24. The van der Waals surface area contributed by atoms with Gasteiger partial charge in [0.2, 0.25) is 18.6 Å². The number of amides is 2. The molecule has 6 heteroatoms. The third-order valence-corrected chi connectivity index (χ3v) is 2.90. The monoisotopic (exact) mass is 278 g/mol. The van der Waals surface area contributed by atoms with Gasteiger partial charge in [0, 0.05) is 26.4 Å².